The van der Waals surface area contributed by atoms with Gasteiger partial charge in [-0.3, -0.25) is 0 Å². The molecule has 0 aliphatic carbocycles. The highest BCUT2D eigenvalue weighted by Crippen LogP contribution is 2.14. The van der Waals surface area contributed by atoms with E-state index in [1.807, 2.05) is 0 Å². The van der Waals surface area contributed by atoms with Crippen molar-refractivity contribution < 1.29 is 19.1 Å². The summed E-state index contributed by atoms with van der Waals surface area (Å²) in [6, 6.07) is 2.48. The quantitative estimate of drug-likeness (QED) is 0.718. The van der Waals surface area contributed by atoms with E-state index >= 15 is 0 Å². The predicted octanol–water partition coefficient (Wildman–Crippen LogP) is 0.624. The van der Waals surface area contributed by atoms with Gasteiger partial charge in [-0.25, -0.2) is 4.79 Å². The van der Waals surface area contributed by atoms with Crippen LogP contribution in [0.4, 0.5) is 0 Å². The second kappa shape index (κ2) is 4.06. The van der Waals surface area contributed by atoms with E-state index in [4.69, 9.17) is 20.0 Å². The molecule has 5 heteroatoms. The third-order valence-electron chi connectivity index (χ3n) is 1.55. The minimum absolute atomic E-state index is 0.110. The number of hydrogen-bond acceptors (Lipinski definition) is 4. The molecule has 3 N–H and O–H groups in total. The van der Waals surface area contributed by atoms with Gasteiger partial charge in [-0.05, 0) is 12.1 Å². The molecular weight excluding hydrogens is 174 g/mol. The Labute approximate surface area is 75.1 Å². The van der Waals surface area contributed by atoms with Gasteiger partial charge in [-0.2, -0.15) is 0 Å². The molecule has 0 aromatic carbocycles. The summed E-state index contributed by atoms with van der Waals surface area (Å²) < 4.78 is 9.75. The molecule has 0 aliphatic heterocycles. The molecule has 1 atom stereocenters. The summed E-state index contributed by atoms with van der Waals surface area (Å²) in [4.78, 5) is 10.4. The molecule has 0 aliphatic rings. The number of furan rings is 1. The van der Waals surface area contributed by atoms with Gasteiger partial charge in [0.2, 0.25) is 5.76 Å². The van der Waals surface area contributed by atoms with Crippen molar-refractivity contribution in [3.05, 3.63) is 23.7 Å². The van der Waals surface area contributed by atoms with E-state index < -0.39 is 12.0 Å². The molecule has 0 radical (unpaired) electrons. The van der Waals surface area contributed by atoms with E-state index in [-0.39, 0.29) is 5.76 Å². The zero-order chi connectivity index (χ0) is 9.84. The molecule has 0 amide bonds. The highest BCUT2D eigenvalue weighted by atomic mass is 16.5. The summed E-state index contributed by atoms with van der Waals surface area (Å²) in [5.74, 6) is -0.795. The summed E-state index contributed by atoms with van der Waals surface area (Å²) in [6.45, 7) is 0.298. The normalized spacial score (nSPS) is 12.8. The topological polar surface area (TPSA) is 85.7 Å². The standard InChI is InChI=1S/C8H11NO4/c1-12-4-5(9)6-2-3-7(13-6)8(10)11/h2-3,5H,4,9H2,1H3,(H,10,11). The van der Waals surface area contributed by atoms with Crippen LogP contribution < -0.4 is 5.73 Å². The van der Waals surface area contributed by atoms with Crippen molar-refractivity contribution in [1.82, 2.24) is 0 Å². The van der Waals surface area contributed by atoms with Crippen molar-refractivity contribution in [2.75, 3.05) is 13.7 Å². The maximum absolute atomic E-state index is 10.4. The number of nitrogens with two attached hydrogens (primary N) is 1. The molecule has 1 unspecified atom stereocenters. The molecule has 72 valence electrons. The van der Waals surface area contributed by atoms with E-state index in [0.717, 1.165) is 0 Å². The monoisotopic (exact) mass is 185 g/mol. The molecule has 1 heterocycles. The van der Waals surface area contributed by atoms with Crippen LogP contribution in [0.15, 0.2) is 16.5 Å². The van der Waals surface area contributed by atoms with Crippen molar-refractivity contribution in [1.29, 1.82) is 0 Å². The molecule has 0 fully saturated rings. The third kappa shape index (κ3) is 2.30. The average Bonchev–Trinajstić information content (AvgIpc) is 2.52. The maximum atomic E-state index is 10.4. The van der Waals surface area contributed by atoms with Gasteiger partial charge in [0, 0.05) is 7.11 Å². The largest absolute Gasteiger partial charge is 0.475 e. The highest BCUT2D eigenvalue weighted by Gasteiger charge is 2.13. The lowest BCUT2D eigenvalue weighted by Gasteiger charge is -2.05. The highest BCUT2D eigenvalue weighted by molar-refractivity contribution is 5.84. The van der Waals surface area contributed by atoms with E-state index in [2.05, 4.69) is 0 Å². The van der Waals surface area contributed by atoms with Crippen molar-refractivity contribution in [3.63, 3.8) is 0 Å². The summed E-state index contributed by atoms with van der Waals surface area (Å²) >= 11 is 0. The molecule has 0 spiro atoms. The predicted molar refractivity (Wildman–Crippen MR) is 44.5 cm³/mol. The fraction of sp³-hybridized carbons (Fsp3) is 0.375. The van der Waals surface area contributed by atoms with Gasteiger partial charge in [0.25, 0.3) is 0 Å². The second-order valence-electron chi connectivity index (χ2n) is 2.57. The van der Waals surface area contributed by atoms with Gasteiger partial charge in [-0.15, -0.1) is 0 Å². The van der Waals surface area contributed by atoms with Crippen LogP contribution in [0.2, 0.25) is 0 Å². The Kier molecular flexibility index (Phi) is 3.05. The molecule has 13 heavy (non-hydrogen) atoms. The number of ether oxygens (including phenoxy) is 1. The molecule has 1 rings (SSSR count). The zero-order valence-electron chi connectivity index (χ0n) is 7.19. The van der Waals surface area contributed by atoms with Crippen LogP contribution in [0.5, 0.6) is 0 Å². The van der Waals surface area contributed by atoms with Crippen LogP contribution in [0.25, 0.3) is 0 Å². The van der Waals surface area contributed by atoms with Crippen LogP contribution in [-0.2, 0) is 4.74 Å². The zero-order valence-corrected chi connectivity index (χ0v) is 7.19. The van der Waals surface area contributed by atoms with Gasteiger partial charge in [0.15, 0.2) is 0 Å². The first-order chi connectivity index (χ1) is 6.15. The first kappa shape index (κ1) is 9.76. The Morgan fingerprint density at radius 2 is 2.46 bits per heavy atom. The van der Waals surface area contributed by atoms with Crippen molar-refractivity contribution in [2.45, 2.75) is 6.04 Å². The number of aromatic carboxylic acids is 1. The van der Waals surface area contributed by atoms with Crippen molar-refractivity contribution in [2.24, 2.45) is 5.73 Å². The Morgan fingerprint density at radius 1 is 1.77 bits per heavy atom. The second-order valence-corrected chi connectivity index (χ2v) is 2.57. The third-order valence-corrected chi connectivity index (χ3v) is 1.55. The Balaban J connectivity index is 2.73. The van der Waals surface area contributed by atoms with Crippen molar-refractivity contribution >= 4 is 5.97 Å². The summed E-state index contributed by atoms with van der Waals surface area (Å²) in [6.07, 6.45) is 0. The number of methoxy groups -OCH3 is 1. The summed E-state index contributed by atoms with van der Waals surface area (Å²) in [7, 11) is 1.51. The first-order valence-corrected chi connectivity index (χ1v) is 3.72. The van der Waals surface area contributed by atoms with Crippen LogP contribution in [0.3, 0.4) is 0 Å². The fourth-order valence-corrected chi connectivity index (χ4v) is 0.929. The number of carboxylic acid groups (broad SMARTS) is 1. The van der Waals surface area contributed by atoms with Gasteiger partial charge in [-0.1, -0.05) is 0 Å². The molecule has 1 aromatic rings. The lowest BCUT2D eigenvalue weighted by molar-refractivity contribution is 0.0658. The van der Waals surface area contributed by atoms with Gasteiger partial charge < -0.3 is 20.0 Å². The first-order valence-electron chi connectivity index (χ1n) is 3.72. The number of carboxylic acids is 1. The minimum atomic E-state index is -1.10. The Hall–Kier alpha value is -1.33. The maximum Gasteiger partial charge on any atom is 0.371 e. The van der Waals surface area contributed by atoms with Crippen LogP contribution in [0, 0.1) is 0 Å². The SMILES string of the molecule is COCC(N)c1ccc(C(=O)O)o1. The van der Waals surface area contributed by atoms with Gasteiger partial charge in [0.05, 0.1) is 12.6 Å². The lowest BCUT2D eigenvalue weighted by atomic mass is 10.2. The Bertz CT molecular complexity index is 294. The molecule has 1 aromatic heterocycles. The summed E-state index contributed by atoms with van der Waals surface area (Å²) in [5.41, 5.74) is 5.61. The molecule has 0 saturated carbocycles. The fourth-order valence-electron chi connectivity index (χ4n) is 0.929. The number of hydrogen-bond donors (Lipinski definition) is 2. The van der Waals surface area contributed by atoms with Gasteiger partial charge in [0.1, 0.15) is 5.76 Å². The molecule has 0 saturated heterocycles. The summed E-state index contributed by atoms with van der Waals surface area (Å²) in [5, 5.41) is 8.54. The van der Waals surface area contributed by atoms with Crippen LogP contribution in [0.1, 0.15) is 22.4 Å². The van der Waals surface area contributed by atoms with Crippen LogP contribution in [-0.4, -0.2) is 24.8 Å². The van der Waals surface area contributed by atoms with E-state index in [1.165, 1.54) is 19.2 Å². The Morgan fingerprint density at radius 3 is 2.92 bits per heavy atom. The van der Waals surface area contributed by atoms with E-state index in [9.17, 15) is 4.79 Å². The van der Waals surface area contributed by atoms with E-state index in [0.29, 0.717) is 12.4 Å². The van der Waals surface area contributed by atoms with Gasteiger partial charge >= 0.3 is 5.97 Å². The number of rotatable bonds is 4. The minimum Gasteiger partial charge on any atom is -0.475 e. The molecular formula is C8H11NO4. The molecule has 0 bridgehead atoms. The average molecular weight is 185 g/mol. The lowest BCUT2D eigenvalue weighted by Crippen LogP contribution is -2.15. The van der Waals surface area contributed by atoms with Crippen LogP contribution >= 0.6 is 0 Å². The smallest absolute Gasteiger partial charge is 0.371 e. The van der Waals surface area contributed by atoms with E-state index in [1.54, 1.807) is 0 Å². The number of carbonyl (C=O) groups is 1. The van der Waals surface area contributed by atoms with Crippen molar-refractivity contribution in [3.8, 4) is 0 Å². The molecule has 5 nitrogen and oxygen atoms in total.